The highest BCUT2D eigenvalue weighted by atomic mass is 16.5. The monoisotopic (exact) mass is 1870 g/mol. The lowest BCUT2D eigenvalue weighted by atomic mass is 9.89. The van der Waals surface area contributed by atoms with Crippen molar-refractivity contribution in [2.75, 3.05) is 33.8 Å². The molecule has 26 aromatic carbocycles. The number of hydrogen-bond donors (Lipinski definition) is 0. The molecule has 6 heteroatoms. The molecule has 146 heavy (non-hydrogen) atoms. The largest absolute Gasteiger partial charge is 0.497 e. The number of rotatable bonds is 20. The first-order valence-corrected chi connectivity index (χ1v) is 49.8. The summed E-state index contributed by atoms with van der Waals surface area (Å²) in [4.78, 5) is 9.39. The average molecular weight is 1870 g/mol. The summed E-state index contributed by atoms with van der Waals surface area (Å²) in [5.74, 6) is 1.76. The zero-order valence-electron chi connectivity index (χ0n) is 80.9. The predicted octanol–water partition coefficient (Wildman–Crippen LogP) is 39.3. The number of benzene rings is 26. The second-order valence-corrected chi connectivity index (χ2v) is 36.8. The molecule has 0 heterocycles. The van der Waals surface area contributed by atoms with Crippen LogP contribution in [-0.2, 0) is 0 Å². The van der Waals surface area contributed by atoms with Crippen LogP contribution in [0, 0.1) is 0 Å². The van der Waals surface area contributed by atoms with E-state index in [-0.39, 0.29) is 0 Å². The Morgan fingerprint density at radius 2 is 0.315 bits per heavy atom. The van der Waals surface area contributed by atoms with Crippen molar-refractivity contribution in [1.29, 1.82) is 0 Å². The molecule has 0 radical (unpaired) electrons. The van der Waals surface area contributed by atoms with Crippen molar-refractivity contribution in [1.82, 2.24) is 0 Å². The third kappa shape index (κ3) is 17.5. The van der Waals surface area contributed by atoms with E-state index in [0.717, 1.165) is 79.7 Å². The van der Waals surface area contributed by atoms with E-state index in [1.54, 1.807) is 14.2 Å². The molecule has 0 saturated carbocycles. The van der Waals surface area contributed by atoms with Gasteiger partial charge in [0.05, 0.1) is 31.3 Å². The van der Waals surface area contributed by atoms with Crippen molar-refractivity contribution in [2.24, 2.45) is 0 Å². The Kier molecular flexibility index (Phi) is 24.7. The van der Waals surface area contributed by atoms with E-state index in [1.807, 2.05) is 12.1 Å². The summed E-state index contributed by atoms with van der Waals surface area (Å²) in [5.41, 5.74) is 28.3. The van der Waals surface area contributed by atoms with Crippen LogP contribution in [-0.4, -0.2) is 14.2 Å². The average Bonchev–Trinajstić information content (AvgIpc) is 0.742. The summed E-state index contributed by atoms with van der Waals surface area (Å²) in [6, 6.07) is 205. The topological polar surface area (TPSA) is 31.4 Å². The predicted molar refractivity (Wildman–Crippen MR) is 621 cm³/mol. The van der Waals surface area contributed by atoms with Gasteiger partial charge in [0.15, 0.2) is 0 Å². The second-order valence-electron chi connectivity index (χ2n) is 36.8. The van der Waals surface area contributed by atoms with Gasteiger partial charge < -0.3 is 29.1 Å². The van der Waals surface area contributed by atoms with E-state index in [4.69, 9.17) is 9.47 Å². The van der Waals surface area contributed by atoms with Crippen LogP contribution >= 0.6 is 0 Å². The van der Waals surface area contributed by atoms with Gasteiger partial charge >= 0.3 is 0 Å². The van der Waals surface area contributed by atoms with E-state index < -0.39 is 0 Å². The number of para-hydroxylation sites is 8. The second kappa shape index (κ2) is 40.2. The van der Waals surface area contributed by atoms with E-state index in [1.165, 1.54) is 164 Å². The molecule has 26 aromatic rings. The molecule has 692 valence electrons. The van der Waals surface area contributed by atoms with Gasteiger partial charge in [-0.1, -0.05) is 400 Å². The summed E-state index contributed by atoms with van der Waals surface area (Å²) in [7, 11) is 3.41. The van der Waals surface area contributed by atoms with Gasteiger partial charge in [-0.25, -0.2) is 0 Å². The van der Waals surface area contributed by atoms with Crippen LogP contribution in [0.2, 0.25) is 0 Å². The summed E-state index contributed by atoms with van der Waals surface area (Å²) in [6.45, 7) is 0. The zero-order chi connectivity index (χ0) is 97.6. The molecule has 0 fully saturated rings. The summed E-state index contributed by atoms with van der Waals surface area (Å²) in [5, 5.41) is 21.9. The maximum atomic E-state index is 5.38. The minimum absolute atomic E-state index is 0.879. The van der Waals surface area contributed by atoms with E-state index >= 15 is 0 Å². The SMILES string of the molecule is COc1ccc2cc(-c3cccc4c(-c5ccc6cc(OC)ccc6c5)cccc34)ccc2c1.c1ccc(N(c2ccccc2)c2ccc(-c3cccc4c(-c5ccc(N(c6ccccc6)c6ccccc6)c6ccccc56)cccc34)c3ccccc23)cc1.c1ccc(N(c2ccccc2)c2ccc3cc(-c4cccc5c(-c6ccc(N(c7ccccc7)c7ccccc7)c7ccccc67)cccc45)ccc3c2)cc1. The normalized spacial score (nSPS) is 11.2. The Morgan fingerprint density at radius 1 is 0.123 bits per heavy atom. The molecule has 0 unspecified atom stereocenters. The molecular weight excluding hydrogens is 1770 g/mol. The molecule has 0 bridgehead atoms. The molecule has 6 nitrogen and oxygen atoms in total. The van der Waals surface area contributed by atoms with Crippen molar-refractivity contribution in [3.8, 4) is 78.3 Å². The van der Waals surface area contributed by atoms with Crippen molar-refractivity contribution >= 4 is 165 Å². The summed E-state index contributed by atoms with van der Waals surface area (Å²) in [6.07, 6.45) is 0. The van der Waals surface area contributed by atoms with Crippen molar-refractivity contribution in [3.05, 3.63) is 570 Å². The Morgan fingerprint density at radius 3 is 0.582 bits per heavy atom. The van der Waals surface area contributed by atoms with Crippen LogP contribution in [0.25, 0.3) is 164 Å². The lowest BCUT2D eigenvalue weighted by Crippen LogP contribution is -2.10. The third-order valence-corrected chi connectivity index (χ3v) is 28.3. The first-order valence-electron chi connectivity index (χ1n) is 49.8. The fourth-order valence-corrected chi connectivity index (χ4v) is 21.5. The Hall–Kier alpha value is -19.1. The summed E-state index contributed by atoms with van der Waals surface area (Å²) >= 11 is 0. The van der Waals surface area contributed by atoms with Crippen LogP contribution in [0.1, 0.15) is 0 Å². The van der Waals surface area contributed by atoms with Gasteiger partial charge in [0.2, 0.25) is 0 Å². The molecule has 0 amide bonds. The van der Waals surface area contributed by atoms with Crippen LogP contribution in [0.3, 0.4) is 0 Å². The van der Waals surface area contributed by atoms with Crippen LogP contribution < -0.4 is 29.1 Å². The fraction of sp³-hybridized carbons (Fsp3) is 0.0143. The molecule has 0 aliphatic heterocycles. The van der Waals surface area contributed by atoms with Gasteiger partial charge in [-0.3, -0.25) is 0 Å². The third-order valence-electron chi connectivity index (χ3n) is 28.3. The van der Waals surface area contributed by atoms with Gasteiger partial charge in [-0.2, -0.15) is 0 Å². The number of hydrogen-bond acceptors (Lipinski definition) is 6. The molecule has 26 rings (SSSR count). The minimum Gasteiger partial charge on any atom is -0.497 e. The quantitative estimate of drug-likeness (QED) is 0.0756. The smallest absolute Gasteiger partial charge is 0.119 e. The van der Waals surface area contributed by atoms with Crippen LogP contribution in [0.5, 0.6) is 11.5 Å². The number of ether oxygens (including phenoxy) is 2. The lowest BCUT2D eigenvalue weighted by molar-refractivity contribution is 0.415. The highest BCUT2D eigenvalue weighted by Gasteiger charge is 2.25. The van der Waals surface area contributed by atoms with Crippen LogP contribution in [0.15, 0.2) is 570 Å². The molecule has 0 saturated heterocycles. The number of anilines is 12. The van der Waals surface area contributed by atoms with Gasteiger partial charge in [-0.15, -0.1) is 0 Å². The number of fused-ring (bicyclic) bond motifs is 9. The molecule has 0 atom stereocenters. The maximum Gasteiger partial charge on any atom is 0.119 e. The van der Waals surface area contributed by atoms with E-state index in [2.05, 4.69) is 578 Å². The lowest BCUT2D eigenvalue weighted by Gasteiger charge is -2.27. The molecular formula is C140H100N4O2. The van der Waals surface area contributed by atoms with E-state index in [0.29, 0.717) is 0 Å². The Balaban J connectivity index is 0.000000121. The first-order chi connectivity index (χ1) is 72.4. The molecule has 0 N–H and O–H groups in total. The Labute approximate surface area is 850 Å². The standard InChI is InChI=1S/2C54H38N2.C32H24O2/c1-5-19-39(20-6-1)55(40-21-7-2-8-22-40)53-37-35-49(47-27-13-15-29-51(47)53)45-33-17-32-44-43(45)31-18-34-46(44)50-36-38-54(52-30-16-14-28-48(50)52)56(41-23-9-3-10-24-41)42-25-11-4-12-26-42;1-5-17-42(18-6-1)55(43-19-7-2-8-20-43)46-34-33-39-37-41(32-31-40(39)38-46)47-27-15-29-49-48(47)28-16-30-50(49)52-35-36-54(53-26-14-13-25-51(52)53)56(44-21-9-3-10-22-44)45-23-11-4-12-24-45;1-33-27-15-13-21-17-25(11-9-23(21)19-27)29-5-3-8-32-30(6-4-7-31(29)32)26-12-10-24-20-28(34-2)16-14-22(24)18-26/h2*1-38H;3-20H,1-2H3. The Bertz CT molecular complexity index is 8790. The molecule has 0 aromatic heterocycles. The molecule has 0 aliphatic carbocycles. The zero-order valence-corrected chi connectivity index (χ0v) is 80.9. The maximum absolute atomic E-state index is 5.38. The number of methoxy groups -OCH3 is 2. The van der Waals surface area contributed by atoms with Crippen molar-refractivity contribution < 1.29 is 9.47 Å². The van der Waals surface area contributed by atoms with Gasteiger partial charge in [0, 0.05) is 67.3 Å². The van der Waals surface area contributed by atoms with E-state index in [9.17, 15) is 0 Å². The van der Waals surface area contributed by atoms with Crippen molar-refractivity contribution in [3.63, 3.8) is 0 Å². The van der Waals surface area contributed by atoms with Crippen LogP contribution in [0.4, 0.5) is 68.2 Å². The number of nitrogens with zero attached hydrogens (tertiary/aromatic N) is 4. The summed E-state index contributed by atoms with van der Waals surface area (Å²) < 4.78 is 10.8. The van der Waals surface area contributed by atoms with Gasteiger partial charge in [0.1, 0.15) is 11.5 Å². The fourth-order valence-electron chi connectivity index (χ4n) is 21.5. The van der Waals surface area contributed by atoms with Crippen molar-refractivity contribution in [2.45, 2.75) is 0 Å². The van der Waals surface area contributed by atoms with Gasteiger partial charge in [-0.05, 0) is 317 Å². The highest BCUT2D eigenvalue weighted by Crippen LogP contribution is 2.51. The van der Waals surface area contributed by atoms with Gasteiger partial charge in [0.25, 0.3) is 0 Å². The minimum atomic E-state index is 0.879. The molecule has 0 spiro atoms. The highest BCUT2D eigenvalue weighted by molar-refractivity contribution is 6.18. The first kappa shape index (κ1) is 89.5. The molecule has 0 aliphatic rings.